The van der Waals surface area contributed by atoms with E-state index in [2.05, 4.69) is 47.0 Å². The van der Waals surface area contributed by atoms with Crippen LogP contribution in [0.3, 0.4) is 0 Å². The summed E-state index contributed by atoms with van der Waals surface area (Å²) < 4.78 is 9.96. The zero-order valence-electron chi connectivity index (χ0n) is 13.8. The van der Waals surface area contributed by atoms with Gasteiger partial charge in [-0.15, -0.1) is 0 Å². The van der Waals surface area contributed by atoms with E-state index in [9.17, 15) is 0 Å². The van der Waals surface area contributed by atoms with Gasteiger partial charge in [0.2, 0.25) is 0 Å². The van der Waals surface area contributed by atoms with Crippen LogP contribution in [0, 0.1) is 0 Å². The molecular weight excluding hydrogens is 378 g/mol. The summed E-state index contributed by atoms with van der Waals surface area (Å²) in [5, 5.41) is 0. The van der Waals surface area contributed by atoms with Crippen molar-refractivity contribution >= 4 is 34.5 Å². The number of hydrogen-bond acceptors (Lipinski definition) is 1. The predicted molar refractivity (Wildman–Crippen MR) is 94.1 cm³/mol. The van der Waals surface area contributed by atoms with Gasteiger partial charge in [0.1, 0.15) is 0 Å². The molecule has 0 aliphatic heterocycles. The number of rotatable bonds is 10. The molecule has 0 bridgehead atoms. The van der Waals surface area contributed by atoms with Crippen molar-refractivity contribution < 1.29 is 4.43 Å². The molecule has 0 spiro atoms. The molecule has 0 saturated carbocycles. The van der Waals surface area contributed by atoms with Crippen LogP contribution in [0.2, 0.25) is 28.5 Å². The Morgan fingerprint density at radius 1 is 1.16 bits per heavy atom. The van der Waals surface area contributed by atoms with Crippen LogP contribution in [0.5, 0.6) is 0 Å². The Bertz CT molecular complexity index is 268. The first-order valence-electron chi connectivity index (χ1n) is 7.72. The van der Waals surface area contributed by atoms with E-state index in [1.165, 1.54) is 38.1 Å². The fraction of sp³-hybridized carbons (Fsp3) is 0.867. The van der Waals surface area contributed by atoms with Crippen molar-refractivity contribution in [2.24, 2.45) is 0 Å². The van der Waals surface area contributed by atoms with E-state index in [-0.39, 0.29) is 6.10 Å². The third-order valence-corrected chi connectivity index (χ3v) is 19.7. The standard InChI is InChI=1S/C7H15OSi.2C4H9.ClH.Sn/c1-6-7(2)8-9(3,4)5;2*1-3-4-2;;/h7H,1H2,2-5H3;2*1,3-4H2,2H3;1H;/q;;;;+1/p-1. The van der Waals surface area contributed by atoms with Crippen molar-refractivity contribution in [3.05, 3.63) is 10.2 Å². The summed E-state index contributed by atoms with van der Waals surface area (Å²) in [5.41, 5.74) is 0. The molecule has 0 radical (unpaired) electrons. The molecule has 0 amide bonds. The first-order chi connectivity index (χ1) is 8.66. The van der Waals surface area contributed by atoms with Crippen LogP contribution < -0.4 is 0 Å². The molecule has 0 heterocycles. The maximum absolute atomic E-state index is 7.12. The van der Waals surface area contributed by atoms with E-state index < -0.39 is 25.6 Å². The van der Waals surface area contributed by atoms with Gasteiger partial charge in [-0.3, -0.25) is 0 Å². The minimum atomic E-state index is -2.71. The summed E-state index contributed by atoms with van der Waals surface area (Å²) in [6, 6.07) is 0. The van der Waals surface area contributed by atoms with E-state index in [0.29, 0.717) is 0 Å². The SMILES string of the molecule is C=[C](C(C)O[Si](C)(C)C)[Sn]([Cl])([CH2]CCC)[CH2]CCC. The molecule has 0 aromatic heterocycles. The molecule has 0 N–H and O–H groups in total. The summed E-state index contributed by atoms with van der Waals surface area (Å²) in [4.78, 5) is 0. The van der Waals surface area contributed by atoms with Gasteiger partial charge in [0.05, 0.1) is 0 Å². The van der Waals surface area contributed by atoms with Crippen molar-refractivity contribution in [3.63, 3.8) is 0 Å². The molecule has 0 rings (SSSR count). The molecule has 0 aliphatic carbocycles. The third-order valence-electron chi connectivity index (χ3n) is 3.45. The Labute approximate surface area is 129 Å². The van der Waals surface area contributed by atoms with Crippen molar-refractivity contribution in [1.29, 1.82) is 0 Å². The van der Waals surface area contributed by atoms with Gasteiger partial charge in [-0.2, -0.15) is 0 Å². The third kappa shape index (κ3) is 8.13. The Morgan fingerprint density at radius 2 is 1.58 bits per heavy atom. The molecule has 0 aromatic rings. The van der Waals surface area contributed by atoms with Crippen LogP contribution in [0.15, 0.2) is 10.2 Å². The molecule has 1 nitrogen and oxygen atoms in total. The van der Waals surface area contributed by atoms with Gasteiger partial charge in [0.15, 0.2) is 0 Å². The minimum absolute atomic E-state index is 0.161. The normalized spacial score (nSPS) is 14.5. The van der Waals surface area contributed by atoms with E-state index in [1.807, 2.05) is 0 Å². The van der Waals surface area contributed by atoms with Gasteiger partial charge in [-0.1, -0.05) is 0 Å². The average Bonchev–Trinajstić information content (AvgIpc) is 2.30. The second-order valence-corrected chi connectivity index (χ2v) is 26.1. The summed E-state index contributed by atoms with van der Waals surface area (Å²) in [6.45, 7) is 17.7. The second-order valence-electron chi connectivity index (χ2n) is 6.57. The molecule has 0 saturated heterocycles. The zero-order valence-corrected chi connectivity index (χ0v) is 18.4. The maximum atomic E-state index is 7.12. The molecule has 0 aliphatic rings. The van der Waals surface area contributed by atoms with Gasteiger partial charge >= 0.3 is 130 Å². The average molecular weight is 412 g/mol. The van der Waals surface area contributed by atoms with Gasteiger partial charge in [0.25, 0.3) is 0 Å². The Morgan fingerprint density at radius 3 is 1.89 bits per heavy atom. The number of halogens is 1. The van der Waals surface area contributed by atoms with Gasteiger partial charge in [-0.05, 0) is 0 Å². The van der Waals surface area contributed by atoms with Crippen LogP contribution >= 0.6 is 8.92 Å². The van der Waals surface area contributed by atoms with Crippen LogP contribution in [-0.4, -0.2) is 31.7 Å². The summed E-state index contributed by atoms with van der Waals surface area (Å²) in [5.74, 6) is 0. The van der Waals surface area contributed by atoms with Crippen molar-refractivity contribution in [1.82, 2.24) is 0 Å². The number of unbranched alkanes of at least 4 members (excludes halogenated alkanes) is 2. The fourth-order valence-electron chi connectivity index (χ4n) is 2.33. The summed E-state index contributed by atoms with van der Waals surface area (Å²) in [7, 11) is 5.61. The van der Waals surface area contributed by atoms with E-state index in [1.54, 1.807) is 0 Å². The zero-order chi connectivity index (χ0) is 15.1. The Hall–Kier alpha value is 1.01. The second kappa shape index (κ2) is 9.11. The van der Waals surface area contributed by atoms with Gasteiger partial charge < -0.3 is 0 Å². The molecule has 114 valence electrons. The van der Waals surface area contributed by atoms with Crippen LogP contribution in [0.4, 0.5) is 0 Å². The predicted octanol–water partition coefficient (Wildman–Crippen LogP) is 6.11. The van der Waals surface area contributed by atoms with Crippen LogP contribution in [0.25, 0.3) is 0 Å². The van der Waals surface area contributed by atoms with Crippen molar-refractivity contribution in [3.8, 4) is 0 Å². The van der Waals surface area contributed by atoms with Crippen molar-refractivity contribution in [2.45, 2.75) is 81.1 Å². The summed E-state index contributed by atoms with van der Waals surface area (Å²) >= 11 is -2.71. The molecule has 0 fully saturated rings. The van der Waals surface area contributed by atoms with Crippen molar-refractivity contribution in [2.75, 3.05) is 0 Å². The van der Waals surface area contributed by atoms with Crippen LogP contribution in [0.1, 0.15) is 46.5 Å². The van der Waals surface area contributed by atoms with E-state index in [0.717, 1.165) is 0 Å². The van der Waals surface area contributed by atoms with Gasteiger partial charge in [-0.25, -0.2) is 0 Å². The first-order valence-corrected chi connectivity index (χ1v) is 20.2. The van der Waals surface area contributed by atoms with E-state index in [4.69, 9.17) is 13.3 Å². The molecule has 1 unspecified atom stereocenters. The summed E-state index contributed by atoms with van der Waals surface area (Å²) in [6.07, 6.45) is 5.13. The first kappa shape index (κ1) is 20.0. The number of hydrogen-bond donors (Lipinski definition) is 0. The monoisotopic (exact) mass is 412 g/mol. The quantitative estimate of drug-likeness (QED) is 0.394. The Kier molecular flexibility index (Phi) is 9.59. The molecule has 0 aromatic carbocycles. The molecule has 4 heteroatoms. The molecule has 19 heavy (non-hydrogen) atoms. The van der Waals surface area contributed by atoms with E-state index >= 15 is 0 Å². The van der Waals surface area contributed by atoms with Gasteiger partial charge in [0, 0.05) is 0 Å². The topological polar surface area (TPSA) is 9.23 Å². The molecular formula is C15H33ClOSiSn. The molecule has 1 atom stereocenters. The fourth-order valence-corrected chi connectivity index (χ4v) is 16.7. The van der Waals surface area contributed by atoms with Crippen LogP contribution in [-0.2, 0) is 4.43 Å². The Balaban J connectivity index is 4.77.